The summed E-state index contributed by atoms with van der Waals surface area (Å²) in [5.74, 6) is 0. The molecule has 1 aliphatic rings. The van der Waals surface area contributed by atoms with Gasteiger partial charge >= 0.3 is 0 Å². The lowest BCUT2D eigenvalue weighted by atomic mass is 10.2. The van der Waals surface area contributed by atoms with Gasteiger partial charge in [-0.15, -0.1) is 0 Å². The molecule has 0 heterocycles. The normalized spacial score (nSPS) is 17.7. The molecule has 0 saturated carbocycles. The van der Waals surface area contributed by atoms with E-state index in [0.29, 0.717) is 0 Å². The highest BCUT2D eigenvalue weighted by Crippen LogP contribution is 2.08. The molecule has 0 saturated heterocycles. The fourth-order valence-electron chi connectivity index (χ4n) is 1.39. The average Bonchev–Trinajstić information content (AvgIpc) is 2.58. The minimum absolute atomic E-state index is 0.727. The van der Waals surface area contributed by atoms with E-state index >= 15 is 0 Å². The Hall–Kier alpha value is -2.03. The summed E-state index contributed by atoms with van der Waals surface area (Å²) in [5, 5.41) is 0. The summed E-state index contributed by atoms with van der Waals surface area (Å²) in [4.78, 5) is 4.38. The zero-order chi connectivity index (χ0) is 13.4. The summed E-state index contributed by atoms with van der Waals surface area (Å²) < 4.78 is 0. The summed E-state index contributed by atoms with van der Waals surface area (Å²) in [6.07, 6.45) is 15.1. The van der Waals surface area contributed by atoms with Crippen molar-refractivity contribution < 1.29 is 0 Å². The first kappa shape index (κ1) is 14.0. The summed E-state index contributed by atoms with van der Waals surface area (Å²) in [6.45, 7) is 3.97. The Kier molecular flexibility index (Phi) is 5.71. The molecule has 96 valence electrons. The van der Waals surface area contributed by atoms with Crippen LogP contribution >= 0.6 is 0 Å². The minimum Gasteiger partial charge on any atom is -0.399 e. The molecule has 0 atom stereocenters. The van der Waals surface area contributed by atoms with Crippen LogP contribution in [0.5, 0.6) is 0 Å². The van der Waals surface area contributed by atoms with E-state index in [1.165, 1.54) is 0 Å². The topological polar surface area (TPSA) is 64.4 Å². The number of nitrogens with zero attached hydrogens (tertiary/aromatic N) is 1. The van der Waals surface area contributed by atoms with E-state index in [2.05, 4.69) is 4.99 Å². The van der Waals surface area contributed by atoms with E-state index < -0.39 is 0 Å². The van der Waals surface area contributed by atoms with Gasteiger partial charge < -0.3 is 11.5 Å². The smallest absolute Gasteiger partial charge is 0.0589 e. The predicted octanol–water partition coefficient (Wildman–Crippen LogP) is 2.94. The predicted molar refractivity (Wildman–Crippen MR) is 78.9 cm³/mol. The van der Waals surface area contributed by atoms with Crippen LogP contribution in [0.25, 0.3) is 0 Å². The van der Waals surface area contributed by atoms with Gasteiger partial charge in [-0.25, -0.2) is 0 Å². The number of allylic oxidation sites excluding steroid dienone is 7. The monoisotopic (exact) mass is 243 g/mol. The highest BCUT2D eigenvalue weighted by atomic mass is 14.7. The first-order valence-electron chi connectivity index (χ1n) is 6.08. The molecule has 0 spiro atoms. The molecule has 1 rings (SSSR count). The lowest BCUT2D eigenvalue weighted by molar-refractivity contribution is 1.24. The maximum atomic E-state index is 5.87. The van der Waals surface area contributed by atoms with Gasteiger partial charge in [0.15, 0.2) is 0 Å². The molecule has 0 aromatic carbocycles. The van der Waals surface area contributed by atoms with Crippen molar-refractivity contribution in [1.29, 1.82) is 0 Å². The number of aliphatic imine (C=N–C) groups is 1. The standard InChI is InChI=1S/C15H21N3/c1-3-12(2)15(17)8-5-11-18-14-7-4-6-13(16)9-10-14/h3,6-11H,4-5,16-17H2,1-2H3/b12-3-,15-8+,18-11-. The van der Waals surface area contributed by atoms with Gasteiger partial charge in [0.05, 0.1) is 5.70 Å². The SMILES string of the molecule is C/C=C(C)\C(N)=C/C/C=N\C1=CCC=C(N)C=C1. The molecule has 1 aliphatic carbocycles. The lowest BCUT2D eigenvalue weighted by Crippen LogP contribution is -1.98. The Morgan fingerprint density at radius 2 is 2.17 bits per heavy atom. The number of hydrogen-bond acceptors (Lipinski definition) is 3. The van der Waals surface area contributed by atoms with Gasteiger partial charge in [0, 0.05) is 24.0 Å². The van der Waals surface area contributed by atoms with Crippen LogP contribution in [0, 0.1) is 0 Å². The number of hydrogen-bond donors (Lipinski definition) is 2. The second-order valence-electron chi connectivity index (χ2n) is 4.08. The molecule has 0 aromatic heterocycles. The molecule has 0 radical (unpaired) electrons. The van der Waals surface area contributed by atoms with Crippen molar-refractivity contribution >= 4 is 6.21 Å². The summed E-state index contributed by atoms with van der Waals surface area (Å²) in [6, 6.07) is 0. The van der Waals surface area contributed by atoms with Crippen LogP contribution in [-0.4, -0.2) is 6.21 Å². The summed E-state index contributed by atoms with van der Waals surface area (Å²) >= 11 is 0. The van der Waals surface area contributed by atoms with Crippen LogP contribution in [0.3, 0.4) is 0 Å². The van der Waals surface area contributed by atoms with E-state index in [0.717, 1.165) is 35.5 Å². The average molecular weight is 243 g/mol. The molecule has 3 nitrogen and oxygen atoms in total. The molecule has 4 N–H and O–H groups in total. The third-order valence-electron chi connectivity index (χ3n) is 2.70. The highest BCUT2D eigenvalue weighted by molar-refractivity contribution is 5.62. The van der Waals surface area contributed by atoms with Crippen molar-refractivity contribution in [2.24, 2.45) is 16.5 Å². The molecule has 18 heavy (non-hydrogen) atoms. The first-order chi connectivity index (χ1) is 8.63. The van der Waals surface area contributed by atoms with Gasteiger partial charge in [-0.3, -0.25) is 4.99 Å². The van der Waals surface area contributed by atoms with Crippen LogP contribution in [0.1, 0.15) is 26.7 Å². The van der Waals surface area contributed by atoms with Crippen molar-refractivity contribution in [2.75, 3.05) is 0 Å². The van der Waals surface area contributed by atoms with Crippen LogP contribution in [0.4, 0.5) is 0 Å². The van der Waals surface area contributed by atoms with Gasteiger partial charge in [-0.2, -0.15) is 0 Å². The molecule has 0 unspecified atom stereocenters. The Balaban J connectivity index is 2.52. The second kappa shape index (κ2) is 7.33. The van der Waals surface area contributed by atoms with Crippen molar-refractivity contribution in [3.8, 4) is 0 Å². The molecule has 3 heteroatoms. The van der Waals surface area contributed by atoms with E-state index in [1.54, 1.807) is 0 Å². The van der Waals surface area contributed by atoms with E-state index in [-0.39, 0.29) is 0 Å². The quantitative estimate of drug-likeness (QED) is 0.589. The summed E-state index contributed by atoms with van der Waals surface area (Å²) in [7, 11) is 0. The Morgan fingerprint density at radius 1 is 1.39 bits per heavy atom. The fraction of sp³-hybridized carbons (Fsp3) is 0.267. The number of rotatable bonds is 4. The van der Waals surface area contributed by atoms with Gasteiger partial charge in [-0.05, 0) is 38.0 Å². The van der Waals surface area contributed by atoms with Crippen molar-refractivity contribution in [3.63, 3.8) is 0 Å². The second-order valence-corrected chi connectivity index (χ2v) is 4.08. The van der Waals surface area contributed by atoms with Crippen LogP contribution in [0.15, 0.2) is 64.1 Å². The lowest BCUT2D eigenvalue weighted by Gasteiger charge is -1.98. The maximum absolute atomic E-state index is 5.87. The highest BCUT2D eigenvalue weighted by Gasteiger charge is 1.93. The molecule has 0 amide bonds. The zero-order valence-corrected chi connectivity index (χ0v) is 11.1. The third kappa shape index (κ3) is 4.87. The van der Waals surface area contributed by atoms with Crippen molar-refractivity contribution in [3.05, 3.63) is 59.1 Å². The van der Waals surface area contributed by atoms with Crippen molar-refractivity contribution in [2.45, 2.75) is 26.7 Å². The fourth-order valence-corrected chi connectivity index (χ4v) is 1.39. The van der Waals surface area contributed by atoms with Gasteiger partial charge in [0.2, 0.25) is 0 Å². The van der Waals surface area contributed by atoms with Gasteiger partial charge in [0.25, 0.3) is 0 Å². The van der Waals surface area contributed by atoms with Crippen molar-refractivity contribution in [1.82, 2.24) is 0 Å². The van der Waals surface area contributed by atoms with E-state index in [9.17, 15) is 0 Å². The molecule has 0 fully saturated rings. The molecule has 0 aromatic rings. The van der Waals surface area contributed by atoms with Crippen LogP contribution < -0.4 is 11.5 Å². The number of nitrogens with two attached hydrogens (primary N) is 2. The Morgan fingerprint density at radius 3 is 2.89 bits per heavy atom. The Labute approximate surface area is 109 Å². The molecule has 0 aliphatic heterocycles. The molecular formula is C15H21N3. The van der Waals surface area contributed by atoms with Crippen LogP contribution in [-0.2, 0) is 0 Å². The third-order valence-corrected chi connectivity index (χ3v) is 2.70. The van der Waals surface area contributed by atoms with Gasteiger partial charge in [-0.1, -0.05) is 24.3 Å². The summed E-state index contributed by atoms with van der Waals surface area (Å²) in [5.41, 5.74) is 15.2. The first-order valence-corrected chi connectivity index (χ1v) is 6.08. The van der Waals surface area contributed by atoms with E-state index in [4.69, 9.17) is 11.5 Å². The van der Waals surface area contributed by atoms with Crippen LogP contribution in [0.2, 0.25) is 0 Å². The maximum Gasteiger partial charge on any atom is 0.0589 e. The zero-order valence-electron chi connectivity index (χ0n) is 11.1. The largest absolute Gasteiger partial charge is 0.399 e. The van der Waals surface area contributed by atoms with Gasteiger partial charge in [0.1, 0.15) is 0 Å². The van der Waals surface area contributed by atoms with E-state index in [1.807, 2.05) is 56.5 Å². The Bertz CT molecular complexity index is 460. The molecular weight excluding hydrogens is 222 g/mol. The minimum atomic E-state index is 0.727. The molecule has 0 bridgehead atoms.